The standard InChI is InChI=1S/C9H18N4O2/c1-14-5-6-15-4-2-3-13-8-9(7-10)11-12-13/h8H,2-7,10H2,1H3. The third kappa shape index (κ3) is 4.87. The summed E-state index contributed by atoms with van der Waals surface area (Å²) in [5.74, 6) is 0. The van der Waals surface area contributed by atoms with E-state index in [9.17, 15) is 0 Å². The fourth-order valence-corrected chi connectivity index (χ4v) is 1.11. The van der Waals surface area contributed by atoms with Gasteiger partial charge in [-0.2, -0.15) is 0 Å². The van der Waals surface area contributed by atoms with Crippen molar-refractivity contribution in [3.05, 3.63) is 11.9 Å². The zero-order chi connectivity index (χ0) is 10.9. The first kappa shape index (κ1) is 12.1. The van der Waals surface area contributed by atoms with Crippen LogP contribution in [0.2, 0.25) is 0 Å². The Labute approximate surface area is 89.3 Å². The van der Waals surface area contributed by atoms with Gasteiger partial charge in [0.25, 0.3) is 0 Å². The number of hydrogen-bond acceptors (Lipinski definition) is 5. The second kappa shape index (κ2) is 7.33. The molecule has 1 aromatic rings. The summed E-state index contributed by atoms with van der Waals surface area (Å²) in [5, 5.41) is 7.82. The summed E-state index contributed by atoms with van der Waals surface area (Å²) in [7, 11) is 1.66. The van der Waals surface area contributed by atoms with Crippen LogP contribution in [0.4, 0.5) is 0 Å². The molecule has 0 aliphatic rings. The zero-order valence-corrected chi connectivity index (χ0v) is 9.06. The largest absolute Gasteiger partial charge is 0.382 e. The Morgan fingerprint density at radius 2 is 2.27 bits per heavy atom. The molecule has 0 fully saturated rings. The Morgan fingerprint density at radius 3 is 2.93 bits per heavy atom. The Bertz CT molecular complexity index is 264. The Balaban J connectivity index is 2.04. The van der Waals surface area contributed by atoms with Gasteiger partial charge in [0.1, 0.15) is 0 Å². The van der Waals surface area contributed by atoms with Crippen molar-refractivity contribution in [1.82, 2.24) is 15.0 Å². The molecular formula is C9H18N4O2. The molecule has 15 heavy (non-hydrogen) atoms. The van der Waals surface area contributed by atoms with E-state index in [-0.39, 0.29) is 0 Å². The minimum absolute atomic E-state index is 0.435. The molecule has 0 atom stereocenters. The van der Waals surface area contributed by atoms with Crippen LogP contribution in [0, 0.1) is 0 Å². The second-order valence-corrected chi connectivity index (χ2v) is 3.14. The first-order valence-electron chi connectivity index (χ1n) is 5.02. The lowest BCUT2D eigenvalue weighted by atomic mass is 10.4. The molecule has 2 N–H and O–H groups in total. The van der Waals surface area contributed by atoms with E-state index in [2.05, 4.69) is 10.3 Å². The van der Waals surface area contributed by atoms with Gasteiger partial charge in [0.15, 0.2) is 0 Å². The van der Waals surface area contributed by atoms with Crippen LogP contribution in [0.5, 0.6) is 0 Å². The number of aryl methyl sites for hydroxylation is 1. The fourth-order valence-electron chi connectivity index (χ4n) is 1.11. The van der Waals surface area contributed by atoms with Crippen molar-refractivity contribution in [3.63, 3.8) is 0 Å². The van der Waals surface area contributed by atoms with Crippen molar-refractivity contribution in [3.8, 4) is 0 Å². The Hall–Kier alpha value is -0.980. The highest BCUT2D eigenvalue weighted by Crippen LogP contribution is 1.93. The average molecular weight is 214 g/mol. The van der Waals surface area contributed by atoms with Crippen LogP contribution in [0.25, 0.3) is 0 Å². The predicted molar refractivity (Wildman–Crippen MR) is 55.2 cm³/mol. The van der Waals surface area contributed by atoms with Gasteiger partial charge in [-0.1, -0.05) is 5.21 Å². The van der Waals surface area contributed by atoms with Crippen LogP contribution in [0.15, 0.2) is 6.20 Å². The molecule has 0 aliphatic heterocycles. The summed E-state index contributed by atoms with van der Waals surface area (Å²) in [6.45, 7) is 3.23. The molecule has 0 saturated carbocycles. The molecule has 0 saturated heterocycles. The highest BCUT2D eigenvalue weighted by Gasteiger charge is 1.97. The van der Waals surface area contributed by atoms with Gasteiger partial charge in [0.05, 0.1) is 18.9 Å². The lowest BCUT2D eigenvalue weighted by Crippen LogP contribution is -2.06. The first-order chi connectivity index (χ1) is 7.36. The lowest BCUT2D eigenvalue weighted by molar-refractivity contribution is 0.0676. The molecule has 0 aromatic carbocycles. The van der Waals surface area contributed by atoms with Crippen molar-refractivity contribution < 1.29 is 9.47 Å². The molecule has 86 valence electrons. The molecule has 1 rings (SSSR count). The smallest absolute Gasteiger partial charge is 0.0962 e. The topological polar surface area (TPSA) is 75.2 Å². The van der Waals surface area contributed by atoms with Gasteiger partial charge in [-0.3, -0.25) is 4.68 Å². The normalized spacial score (nSPS) is 10.8. The predicted octanol–water partition coefficient (Wildman–Crippen LogP) is -0.210. The van der Waals surface area contributed by atoms with E-state index in [4.69, 9.17) is 15.2 Å². The van der Waals surface area contributed by atoms with Crippen molar-refractivity contribution in [2.24, 2.45) is 5.73 Å². The van der Waals surface area contributed by atoms with E-state index in [0.717, 1.165) is 18.7 Å². The maximum absolute atomic E-state index is 5.42. The van der Waals surface area contributed by atoms with Gasteiger partial charge in [0.2, 0.25) is 0 Å². The summed E-state index contributed by atoms with van der Waals surface area (Å²) in [4.78, 5) is 0. The van der Waals surface area contributed by atoms with Crippen LogP contribution in [-0.2, 0) is 22.6 Å². The number of methoxy groups -OCH3 is 1. The van der Waals surface area contributed by atoms with Gasteiger partial charge in [-0.05, 0) is 6.42 Å². The van der Waals surface area contributed by atoms with E-state index in [1.54, 1.807) is 11.8 Å². The van der Waals surface area contributed by atoms with Gasteiger partial charge < -0.3 is 15.2 Å². The van der Waals surface area contributed by atoms with Crippen LogP contribution < -0.4 is 5.73 Å². The number of rotatable bonds is 8. The van der Waals surface area contributed by atoms with E-state index < -0.39 is 0 Å². The van der Waals surface area contributed by atoms with Crippen LogP contribution in [0.3, 0.4) is 0 Å². The minimum Gasteiger partial charge on any atom is -0.382 e. The zero-order valence-electron chi connectivity index (χ0n) is 9.06. The molecule has 6 heteroatoms. The number of nitrogens with two attached hydrogens (primary N) is 1. The summed E-state index contributed by atoms with van der Waals surface area (Å²) in [5.41, 5.74) is 6.23. The van der Waals surface area contributed by atoms with Crippen LogP contribution in [0.1, 0.15) is 12.1 Å². The molecule has 0 amide bonds. The summed E-state index contributed by atoms with van der Waals surface area (Å²) in [6.07, 6.45) is 2.77. The summed E-state index contributed by atoms with van der Waals surface area (Å²) >= 11 is 0. The summed E-state index contributed by atoms with van der Waals surface area (Å²) < 4.78 is 12.0. The van der Waals surface area contributed by atoms with Gasteiger partial charge >= 0.3 is 0 Å². The van der Waals surface area contributed by atoms with Crippen LogP contribution >= 0.6 is 0 Å². The van der Waals surface area contributed by atoms with E-state index in [1.807, 2.05) is 6.20 Å². The minimum atomic E-state index is 0.435. The number of hydrogen-bond donors (Lipinski definition) is 1. The maximum Gasteiger partial charge on any atom is 0.0962 e. The molecule has 1 aromatic heterocycles. The molecule has 0 unspecified atom stereocenters. The number of aromatic nitrogens is 3. The lowest BCUT2D eigenvalue weighted by Gasteiger charge is -2.02. The van der Waals surface area contributed by atoms with E-state index in [1.165, 1.54) is 0 Å². The molecule has 0 aliphatic carbocycles. The van der Waals surface area contributed by atoms with Crippen LogP contribution in [-0.4, -0.2) is 41.9 Å². The Kier molecular flexibility index (Phi) is 5.91. The highest BCUT2D eigenvalue weighted by molar-refractivity contribution is 4.90. The van der Waals surface area contributed by atoms with Gasteiger partial charge in [-0.25, -0.2) is 0 Å². The Morgan fingerprint density at radius 1 is 1.40 bits per heavy atom. The molecule has 0 spiro atoms. The van der Waals surface area contributed by atoms with E-state index >= 15 is 0 Å². The van der Waals surface area contributed by atoms with Crippen molar-refractivity contribution in [2.45, 2.75) is 19.5 Å². The van der Waals surface area contributed by atoms with Crippen molar-refractivity contribution >= 4 is 0 Å². The monoisotopic (exact) mass is 214 g/mol. The SMILES string of the molecule is COCCOCCCn1cc(CN)nn1. The van der Waals surface area contributed by atoms with Gasteiger partial charge in [-0.15, -0.1) is 5.10 Å². The number of nitrogens with zero attached hydrogens (tertiary/aromatic N) is 3. The molecular weight excluding hydrogens is 196 g/mol. The third-order valence-electron chi connectivity index (χ3n) is 1.90. The molecule has 0 bridgehead atoms. The van der Waals surface area contributed by atoms with Gasteiger partial charge in [0, 0.05) is 33.0 Å². The quantitative estimate of drug-likeness (QED) is 0.606. The fraction of sp³-hybridized carbons (Fsp3) is 0.778. The number of ether oxygens (including phenoxy) is 2. The first-order valence-corrected chi connectivity index (χ1v) is 5.02. The third-order valence-corrected chi connectivity index (χ3v) is 1.90. The molecule has 0 radical (unpaired) electrons. The van der Waals surface area contributed by atoms with Crippen molar-refractivity contribution in [1.29, 1.82) is 0 Å². The van der Waals surface area contributed by atoms with E-state index in [0.29, 0.717) is 26.4 Å². The maximum atomic E-state index is 5.42. The highest BCUT2D eigenvalue weighted by atomic mass is 16.5. The van der Waals surface area contributed by atoms with Crippen molar-refractivity contribution in [2.75, 3.05) is 26.9 Å². The second-order valence-electron chi connectivity index (χ2n) is 3.14. The molecule has 1 heterocycles. The summed E-state index contributed by atoms with van der Waals surface area (Å²) in [6, 6.07) is 0. The average Bonchev–Trinajstić information content (AvgIpc) is 2.71. The molecule has 6 nitrogen and oxygen atoms in total.